The van der Waals surface area contributed by atoms with Gasteiger partial charge in [-0.1, -0.05) is 24.3 Å². The molecule has 0 unspecified atom stereocenters. The number of aromatic nitrogens is 2. The summed E-state index contributed by atoms with van der Waals surface area (Å²) >= 11 is 5.82. The van der Waals surface area contributed by atoms with Crippen LogP contribution >= 0.6 is 12.2 Å². The molecule has 2 saturated heterocycles. The van der Waals surface area contributed by atoms with Gasteiger partial charge < -0.3 is 29.7 Å². The Labute approximate surface area is 245 Å². The molecule has 2 aromatic carbocycles. The van der Waals surface area contributed by atoms with Gasteiger partial charge in [-0.15, -0.1) is 0 Å². The monoisotopic (exact) mass is 566 g/mol. The lowest BCUT2D eigenvalue weighted by Gasteiger charge is -2.29. The van der Waals surface area contributed by atoms with E-state index in [-0.39, 0.29) is 24.5 Å². The predicted molar refractivity (Wildman–Crippen MR) is 166 cm³/mol. The third-order valence-corrected chi connectivity index (χ3v) is 8.19. The van der Waals surface area contributed by atoms with Gasteiger partial charge in [-0.25, -0.2) is 0 Å². The quantitative estimate of drug-likeness (QED) is 0.307. The van der Waals surface area contributed by atoms with Crippen LogP contribution in [-0.2, 0) is 9.53 Å². The summed E-state index contributed by atoms with van der Waals surface area (Å²) in [6.07, 6.45) is 1.79. The first-order valence-electron chi connectivity index (χ1n) is 13.9. The van der Waals surface area contributed by atoms with Crippen LogP contribution in [-0.4, -0.2) is 58.3 Å². The lowest BCUT2D eigenvalue weighted by molar-refractivity contribution is -0.116. The van der Waals surface area contributed by atoms with Crippen LogP contribution in [0.25, 0.3) is 5.69 Å². The summed E-state index contributed by atoms with van der Waals surface area (Å²) in [7, 11) is 0. The Morgan fingerprint density at radius 2 is 1.71 bits per heavy atom. The number of aryl methyl sites for hydroxylation is 1. The minimum atomic E-state index is -0.216. The maximum absolute atomic E-state index is 13.2. The van der Waals surface area contributed by atoms with Gasteiger partial charge in [0.2, 0.25) is 5.91 Å². The van der Waals surface area contributed by atoms with Crippen molar-refractivity contribution < 1.29 is 9.53 Å². The van der Waals surface area contributed by atoms with E-state index >= 15 is 0 Å². The average Bonchev–Trinajstić information content (AvgIpc) is 3.48. The van der Waals surface area contributed by atoms with Gasteiger partial charge in [0.25, 0.3) is 0 Å². The van der Waals surface area contributed by atoms with Crippen LogP contribution in [0.4, 0.5) is 11.4 Å². The molecule has 0 bridgehead atoms. The minimum Gasteiger partial charge on any atom is -0.378 e. The molecule has 210 valence electrons. The Bertz CT molecular complexity index is 1520. The largest absolute Gasteiger partial charge is 0.378 e. The third-order valence-electron chi connectivity index (χ3n) is 7.84. The van der Waals surface area contributed by atoms with E-state index in [4.69, 9.17) is 17.0 Å². The van der Waals surface area contributed by atoms with Crippen molar-refractivity contribution in [3.63, 3.8) is 0 Å². The Hall–Kier alpha value is -4.21. The number of nitrogens with zero attached hydrogens (tertiary/aromatic N) is 4. The standard InChI is InChI=1S/C32H34N6O2S/c1-22-20-27(23(2)38(22)26-13-11-25(12-14-26)36-16-18-40-19-17-36)31-30(28-10-6-7-15-33-28)35-32(41)37(31)21-29(39)34-24-8-4-3-5-9-24/h3-15,20,30-31H,16-19,21H2,1-2H3,(H,34,39)(H,35,41)/t30-,31+/m0/s1. The average molecular weight is 567 g/mol. The minimum absolute atomic E-state index is 0.118. The van der Waals surface area contributed by atoms with Gasteiger partial charge in [-0.3, -0.25) is 9.78 Å². The van der Waals surface area contributed by atoms with Crippen molar-refractivity contribution in [2.24, 2.45) is 0 Å². The van der Waals surface area contributed by atoms with Gasteiger partial charge in [-0.2, -0.15) is 0 Å². The molecule has 2 fully saturated rings. The first-order valence-corrected chi connectivity index (χ1v) is 14.4. The molecule has 1 amide bonds. The second-order valence-corrected chi connectivity index (χ2v) is 10.8. The summed E-state index contributed by atoms with van der Waals surface area (Å²) in [5.41, 5.74) is 7.26. The van der Waals surface area contributed by atoms with E-state index in [2.05, 4.69) is 69.3 Å². The molecular weight excluding hydrogens is 532 g/mol. The van der Waals surface area contributed by atoms with E-state index in [1.54, 1.807) is 6.20 Å². The maximum atomic E-state index is 13.2. The molecule has 0 radical (unpaired) electrons. The smallest absolute Gasteiger partial charge is 0.244 e. The topological polar surface area (TPSA) is 74.7 Å². The fourth-order valence-electron chi connectivity index (χ4n) is 5.91. The van der Waals surface area contributed by atoms with Gasteiger partial charge in [0.15, 0.2) is 5.11 Å². The van der Waals surface area contributed by atoms with E-state index in [0.717, 1.165) is 60.3 Å². The number of ether oxygens (including phenoxy) is 1. The summed E-state index contributed by atoms with van der Waals surface area (Å²) in [4.78, 5) is 22.2. The zero-order valence-electron chi connectivity index (χ0n) is 23.3. The van der Waals surface area contributed by atoms with Crippen molar-refractivity contribution in [3.8, 4) is 5.69 Å². The first kappa shape index (κ1) is 27.0. The van der Waals surface area contributed by atoms with Crippen LogP contribution in [0.15, 0.2) is 85.1 Å². The number of para-hydroxylation sites is 1. The van der Waals surface area contributed by atoms with Crippen molar-refractivity contribution in [2.45, 2.75) is 25.9 Å². The molecule has 0 saturated carbocycles. The Balaban J connectivity index is 1.33. The lowest BCUT2D eigenvalue weighted by atomic mass is 9.96. The van der Waals surface area contributed by atoms with Crippen LogP contribution in [0.1, 0.15) is 34.7 Å². The molecule has 0 spiro atoms. The van der Waals surface area contributed by atoms with E-state index in [1.165, 1.54) is 5.69 Å². The molecule has 6 rings (SSSR count). The molecule has 2 aliphatic rings. The van der Waals surface area contributed by atoms with Crippen LogP contribution in [0.2, 0.25) is 0 Å². The highest BCUT2D eigenvalue weighted by atomic mass is 32.1. The van der Waals surface area contributed by atoms with Crippen LogP contribution in [0.3, 0.4) is 0 Å². The van der Waals surface area contributed by atoms with Crippen molar-refractivity contribution >= 4 is 34.6 Å². The highest BCUT2D eigenvalue weighted by Crippen LogP contribution is 2.41. The number of amides is 1. The highest BCUT2D eigenvalue weighted by Gasteiger charge is 2.42. The molecule has 2 aliphatic heterocycles. The lowest BCUT2D eigenvalue weighted by Crippen LogP contribution is -2.37. The predicted octanol–water partition coefficient (Wildman–Crippen LogP) is 4.94. The molecule has 8 nitrogen and oxygen atoms in total. The fraction of sp³-hybridized carbons (Fsp3) is 0.281. The van der Waals surface area contributed by atoms with Crippen molar-refractivity contribution in [3.05, 3.63) is 108 Å². The zero-order valence-corrected chi connectivity index (χ0v) is 24.1. The molecular formula is C32H34N6O2S. The van der Waals surface area contributed by atoms with Gasteiger partial charge in [-0.05, 0) is 86.2 Å². The number of morpholine rings is 1. The second kappa shape index (κ2) is 11.7. The molecule has 2 N–H and O–H groups in total. The molecule has 2 atom stereocenters. The summed E-state index contributed by atoms with van der Waals surface area (Å²) in [5, 5.41) is 7.01. The summed E-state index contributed by atoms with van der Waals surface area (Å²) in [6.45, 7) is 7.70. The van der Waals surface area contributed by atoms with E-state index < -0.39 is 0 Å². The molecule has 0 aliphatic carbocycles. The van der Waals surface area contributed by atoms with Crippen LogP contribution in [0, 0.1) is 13.8 Å². The number of thiocarbonyl (C=S) groups is 1. The van der Waals surface area contributed by atoms with E-state index in [1.807, 2.05) is 53.4 Å². The van der Waals surface area contributed by atoms with Crippen molar-refractivity contribution in [1.29, 1.82) is 0 Å². The van der Waals surface area contributed by atoms with Crippen molar-refractivity contribution in [1.82, 2.24) is 19.8 Å². The Morgan fingerprint density at radius 3 is 2.41 bits per heavy atom. The number of benzene rings is 2. The number of carbonyl (C=O) groups is 1. The van der Waals surface area contributed by atoms with E-state index in [9.17, 15) is 4.79 Å². The summed E-state index contributed by atoms with van der Waals surface area (Å²) < 4.78 is 7.79. The number of hydrogen-bond acceptors (Lipinski definition) is 5. The van der Waals surface area contributed by atoms with Gasteiger partial charge in [0.1, 0.15) is 6.54 Å². The van der Waals surface area contributed by atoms with Gasteiger partial charge >= 0.3 is 0 Å². The molecule has 41 heavy (non-hydrogen) atoms. The number of hydrogen-bond donors (Lipinski definition) is 2. The third kappa shape index (κ3) is 5.55. The molecule has 2 aromatic heterocycles. The van der Waals surface area contributed by atoms with Crippen LogP contribution in [0.5, 0.6) is 0 Å². The normalized spacial score (nSPS) is 18.8. The number of pyridine rings is 1. The maximum Gasteiger partial charge on any atom is 0.244 e. The van der Waals surface area contributed by atoms with Crippen LogP contribution < -0.4 is 15.5 Å². The van der Waals surface area contributed by atoms with Gasteiger partial charge in [0.05, 0.1) is 31.0 Å². The number of rotatable bonds is 7. The fourth-order valence-corrected chi connectivity index (χ4v) is 6.21. The Kier molecular flexibility index (Phi) is 7.71. The highest BCUT2D eigenvalue weighted by molar-refractivity contribution is 7.80. The van der Waals surface area contributed by atoms with E-state index in [0.29, 0.717) is 5.11 Å². The first-order chi connectivity index (χ1) is 20.0. The summed E-state index contributed by atoms with van der Waals surface area (Å²) in [6, 6.07) is 25.9. The number of nitrogens with one attached hydrogen (secondary N) is 2. The van der Waals surface area contributed by atoms with Gasteiger partial charge in [0, 0.05) is 47.7 Å². The second-order valence-electron chi connectivity index (χ2n) is 10.4. The number of carbonyl (C=O) groups excluding carboxylic acids is 1. The SMILES string of the molecule is Cc1cc([C@@H]2[C@H](c3ccccn3)NC(=S)N2CC(=O)Nc2ccccc2)c(C)n1-c1ccc(N2CCOCC2)cc1. The number of anilines is 2. The van der Waals surface area contributed by atoms with Crippen molar-refractivity contribution in [2.75, 3.05) is 43.1 Å². The Morgan fingerprint density at radius 1 is 1.00 bits per heavy atom. The molecule has 9 heteroatoms. The zero-order chi connectivity index (χ0) is 28.3. The summed E-state index contributed by atoms with van der Waals surface area (Å²) in [5.74, 6) is -0.125. The molecule has 4 aromatic rings. The molecule has 4 heterocycles.